The van der Waals surface area contributed by atoms with E-state index in [0.29, 0.717) is 0 Å². The monoisotopic (exact) mass is 498 g/mol. The maximum Gasteiger partial charge on any atom is -0.172 e. The molecule has 0 saturated heterocycles. The molecule has 29 heavy (non-hydrogen) atoms. The first-order chi connectivity index (χ1) is 13.1. The molecule has 0 N–H and O–H groups in total. The molecule has 0 aromatic heterocycles. The van der Waals surface area contributed by atoms with Crippen LogP contribution in [0, 0.1) is 20.8 Å². The molecule has 0 heterocycles. The molecule has 0 amide bonds. The van der Waals surface area contributed by atoms with Crippen LogP contribution >= 0.6 is 0 Å². The van der Waals surface area contributed by atoms with Gasteiger partial charge in [0.25, 0.3) is 0 Å². The summed E-state index contributed by atoms with van der Waals surface area (Å²) in [7, 11) is 0. The Morgan fingerprint density at radius 3 is 1.41 bits per heavy atom. The zero-order valence-corrected chi connectivity index (χ0v) is 21.0. The van der Waals surface area contributed by atoms with Gasteiger partial charge in [-0.1, -0.05) is 20.8 Å². The van der Waals surface area contributed by atoms with Gasteiger partial charge in [-0.15, -0.1) is 0 Å². The minimum absolute atomic E-state index is 0. The molecule has 0 aliphatic heterocycles. The molecule has 0 aliphatic carbocycles. The Morgan fingerprint density at radius 2 is 1.17 bits per heavy atom. The van der Waals surface area contributed by atoms with E-state index in [9.17, 15) is 0 Å². The van der Waals surface area contributed by atoms with Crippen LogP contribution in [0.15, 0.2) is 103 Å². The van der Waals surface area contributed by atoms with Gasteiger partial charge in [-0.2, -0.15) is 41.0 Å². The average Bonchev–Trinajstić information content (AvgIpc) is 3.40. The van der Waals surface area contributed by atoms with Crippen molar-refractivity contribution in [2.45, 2.75) is 20.8 Å². The summed E-state index contributed by atoms with van der Waals surface area (Å²) in [5.41, 5.74) is 6.91. The van der Waals surface area contributed by atoms with Crippen LogP contribution in [0.5, 0.6) is 0 Å². The second kappa shape index (κ2) is 15.3. The summed E-state index contributed by atoms with van der Waals surface area (Å²) in [5, 5.41) is 0. The van der Waals surface area contributed by atoms with Crippen LogP contribution in [0.25, 0.3) is 0 Å². The minimum Gasteiger partial charge on any atom is -0.214 e. The molecule has 0 bridgehead atoms. The van der Waals surface area contributed by atoms with Crippen LogP contribution in [-0.4, -0.2) is 3.21 Å². The van der Waals surface area contributed by atoms with Crippen molar-refractivity contribution >= 4 is 3.21 Å². The van der Waals surface area contributed by atoms with E-state index < -0.39 is 0 Å². The van der Waals surface area contributed by atoms with E-state index in [4.69, 9.17) is 0 Å². The zero-order chi connectivity index (χ0) is 19.5. The topological polar surface area (TPSA) is 0 Å². The minimum atomic E-state index is 0. The van der Waals surface area contributed by atoms with Crippen LogP contribution in [-0.2, 0) is 24.2 Å². The SMILES string of the molecule is Cc1cc[c-](C)c1C.[Cl-].[Cl-].[Zr+2]=[C](c1ccccc1)c1ccccc1.c1cc[cH-]c1. The van der Waals surface area contributed by atoms with Gasteiger partial charge in [0, 0.05) is 0 Å². The molecule has 0 spiro atoms. The summed E-state index contributed by atoms with van der Waals surface area (Å²) in [5.74, 6) is 0. The number of hydrogen-bond acceptors (Lipinski definition) is 0. The third-order valence-electron chi connectivity index (χ3n) is 4.45. The molecule has 0 saturated carbocycles. The van der Waals surface area contributed by atoms with Crippen LogP contribution in [0.1, 0.15) is 27.8 Å². The first-order valence-electron chi connectivity index (χ1n) is 9.15. The Kier molecular flexibility index (Phi) is 14.5. The molecule has 150 valence electrons. The molecular weight excluding hydrogens is 474 g/mol. The van der Waals surface area contributed by atoms with Gasteiger partial charge in [-0.05, 0) is 0 Å². The van der Waals surface area contributed by atoms with Crippen molar-refractivity contribution in [3.05, 3.63) is 131 Å². The summed E-state index contributed by atoms with van der Waals surface area (Å²) < 4.78 is 1.42. The van der Waals surface area contributed by atoms with Crippen molar-refractivity contribution in [1.82, 2.24) is 0 Å². The summed E-state index contributed by atoms with van der Waals surface area (Å²) >= 11 is 1.46. The first kappa shape index (κ1) is 27.5. The van der Waals surface area contributed by atoms with E-state index in [-0.39, 0.29) is 24.8 Å². The fourth-order valence-electron chi connectivity index (χ4n) is 2.51. The Balaban J connectivity index is 0.000000445. The summed E-state index contributed by atoms with van der Waals surface area (Å²) in [6, 6.07) is 35.4. The Bertz CT molecular complexity index is 830. The maximum absolute atomic E-state index is 2.16. The predicted octanol–water partition coefficient (Wildman–Crippen LogP) is 0.546. The molecular formula is C26H26Cl2Zr-2. The largest absolute Gasteiger partial charge is 0.214 e. The normalized spacial score (nSPS) is 8.86. The molecule has 0 radical (unpaired) electrons. The van der Waals surface area contributed by atoms with Crippen LogP contribution < -0.4 is 24.8 Å². The van der Waals surface area contributed by atoms with E-state index in [1.165, 1.54) is 55.3 Å². The maximum atomic E-state index is 2.16. The Hall–Kier alpha value is -1.53. The van der Waals surface area contributed by atoms with Gasteiger partial charge in [0.1, 0.15) is 0 Å². The third-order valence-corrected chi connectivity index (χ3v) is 5.87. The van der Waals surface area contributed by atoms with E-state index in [2.05, 4.69) is 93.6 Å². The van der Waals surface area contributed by atoms with Gasteiger partial charge in [0.15, 0.2) is 0 Å². The summed E-state index contributed by atoms with van der Waals surface area (Å²) in [6.45, 7) is 6.44. The van der Waals surface area contributed by atoms with Crippen molar-refractivity contribution in [2.24, 2.45) is 0 Å². The Morgan fingerprint density at radius 1 is 0.724 bits per heavy atom. The second-order valence-electron chi connectivity index (χ2n) is 6.39. The van der Waals surface area contributed by atoms with Gasteiger partial charge in [-0.25, -0.2) is 18.2 Å². The number of benzene rings is 2. The second-order valence-corrected chi connectivity index (χ2v) is 7.62. The molecule has 0 aliphatic rings. The van der Waals surface area contributed by atoms with Gasteiger partial charge in [-0.3, -0.25) is 0 Å². The number of aryl methyl sites for hydroxylation is 2. The van der Waals surface area contributed by atoms with Crippen molar-refractivity contribution in [3.63, 3.8) is 0 Å². The molecule has 4 rings (SSSR count). The summed E-state index contributed by atoms with van der Waals surface area (Å²) in [4.78, 5) is 0. The van der Waals surface area contributed by atoms with Gasteiger partial charge in [0.2, 0.25) is 0 Å². The van der Waals surface area contributed by atoms with Crippen molar-refractivity contribution in [3.8, 4) is 0 Å². The molecule has 3 heteroatoms. The number of hydrogen-bond donors (Lipinski definition) is 0. The smallest absolute Gasteiger partial charge is 0.172 e. The fourth-order valence-corrected chi connectivity index (χ4v) is 3.33. The quantitative estimate of drug-likeness (QED) is 0.353. The zero-order valence-electron chi connectivity index (χ0n) is 17.1. The van der Waals surface area contributed by atoms with E-state index in [0.717, 1.165) is 0 Å². The number of rotatable bonds is 2. The first-order valence-corrected chi connectivity index (χ1v) is 10.4. The molecule has 0 fully saturated rings. The third kappa shape index (κ3) is 9.68. The van der Waals surface area contributed by atoms with Gasteiger partial charge >= 0.3 is 99.2 Å². The fraction of sp³-hybridized carbons (Fsp3) is 0.115. The summed E-state index contributed by atoms with van der Waals surface area (Å²) in [6.07, 6.45) is 0. The average molecular weight is 501 g/mol. The number of halogens is 2. The molecule has 0 atom stereocenters. The molecule has 0 nitrogen and oxygen atoms in total. The van der Waals surface area contributed by atoms with Crippen molar-refractivity contribution < 1.29 is 49.0 Å². The molecule has 4 aromatic rings. The Labute approximate surface area is 202 Å². The van der Waals surface area contributed by atoms with Crippen LogP contribution in [0.3, 0.4) is 0 Å². The van der Waals surface area contributed by atoms with E-state index in [1.54, 1.807) is 0 Å². The van der Waals surface area contributed by atoms with Gasteiger partial charge < -0.3 is 24.8 Å². The van der Waals surface area contributed by atoms with Crippen molar-refractivity contribution in [2.75, 3.05) is 0 Å². The van der Waals surface area contributed by atoms with E-state index >= 15 is 0 Å². The predicted molar refractivity (Wildman–Crippen MR) is 114 cm³/mol. The van der Waals surface area contributed by atoms with Crippen molar-refractivity contribution in [1.29, 1.82) is 0 Å². The van der Waals surface area contributed by atoms with Crippen LogP contribution in [0.4, 0.5) is 0 Å². The van der Waals surface area contributed by atoms with Crippen LogP contribution in [0.2, 0.25) is 0 Å². The van der Waals surface area contributed by atoms with E-state index in [1.807, 2.05) is 30.3 Å². The molecule has 0 unspecified atom stereocenters. The molecule has 4 aromatic carbocycles. The van der Waals surface area contributed by atoms with Gasteiger partial charge in [0.05, 0.1) is 0 Å². The standard InChI is InChI=1S/C13H10.C8H11.C5H5.2ClH.Zr/c1-3-7-12(8-4-1)11-13-9-5-2-6-10-13;1-6-4-5-7(2)8(6)3;1-2-4-5-3-1;;;/h1-10H;4-5H,1-3H3;1-5H;2*1H;/q;2*-1;;;+2/p-2.